The van der Waals surface area contributed by atoms with E-state index in [1.54, 1.807) is 6.20 Å². The number of halogens is 2. The van der Waals surface area contributed by atoms with Crippen LogP contribution in [0, 0.1) is 13.8 Å². The Morgan fingerprint density at radius 2 is 2.15 bits per heavy atom. The van der Waals surface area contributed by atoms with Gasteiger partial charge in [0, 0.05) is 11.8 Å². The molecular weight excluding hydrogens is 298 g/mol. The Hall–Kier alpha value is -0.220. The van der Waals surface area contributed by atoms with Gasteiger partial charge in [-0.25, -0.2) is 4.98 Å². The third kappa shape index (κ3) is 2.17. The number of hydrogen-bond donors (Lipinski definition) is 0. The fourth-order valence-corrected chi connectivity index (χ4v) is 1.79. The minimum atomic E-state index is 0.0955. The first-order valence-corrected chi connectivity index (χ1v) is 5.70. The Morgan fingerprint density at radius 3 is 2.69 bits per heavy atom. The first-order valence-electron chi connectivity index (χ1n) is 3.78. The Bertz CT molecular complexity index is 350. The maximum atomic E-state index is 11.5. The van der Waals surface area contributed by atoms with Crippen molar-refractivity contribution in [1.82, 2.24) is 4.98 Å². The lowest BCUT2D eigenvalue weighted by atomic mass is 10.0. The summed E-state index contributed by atoms with van der Waals surface area (Å²) in [4.78, 5) is 15.6. The van der Waals surface area contributed by atoms with Gasteiger partial charge in [0.15, 0.2) is 5.78 Å². The normalized spacial score (nSPS) is 10.2. The van der Waals surface area contributed by atoms with Crippen molar-refractivity contribution in [2.24, 2.45) is 0 Å². The molecule has 1 aromatic heterocycles. The lowest BCUT2D eigenvalue weighted by Crippen LogP contribution is -2.06. The summed E-state index contributed by atoms with van der Waals surface area (Å²) in [6, 6.07) is 0. The molecule has 0 amide bonds. The second-order valence-corrected chi connectivity index (χ2v) is 4.10. The van der Waals surface area contributed by atoms with E-state index in [0.29, 0.717) is 5.33 Å². The maximum Gasteiger partial charge on any atom is 0.174 e. The van der Waals surface area contributed by atoms with Gasteiger partial charge in [0.2, 0.25) is 0 Å². The summed E-state index contributed by atoms with van der Waals surface area (Å²) in [5.41, 5.74) is 2.59. The molecule has 0 saturated carbocycles. The first kappa shape index (κ1) is 10.9. The minimum Gasteiger partial charge on any atom is -0.293 e. The second-order valence-electron chi connectivity index (χ2n) is 2.79. The van der Waals surface area contributed by atoms with Crippen molar-refractivity contribution in [1.29, 1.82) is 0 Å². The van der Waals surface area contributed by atoms with Crippen molar-refractivity contribution in [3.63, 3.8) is 0 Å². The first-order chi connectivity index (χ1) is 6.07. The van der Waals surface area contributed by atoms with Crippen molar-refractivity contribution >= 4 is 37.6 Å². The zero-order valence-corrected chi connectivity index (χ0v) is 10.6. The van der Waals surface area contributed by atoms with E-state index in [4.69, 9.17) is 0 Å². The molecule has 13 heavy (non-hydrogen) atoms. The van der Waals surface area contributed by atoms with Gasteiger partial charge in [0.1, 0.15) is 4.60 Å². The number of carbonyl (C=O) groups excluding carboxylic acids is 1. The van der Waals surface area contributed by atoms with Gasteiger partial charge < -0.3 is 0 Å². The summed E-state index contributed by atoms with van der Waals surface area (Å²) < 4.78 is 0.738. The zero-order chi connectivity index (χ0) is 10.0. The maximum absolute atomic E-state index is 11.5. The Labute approximate surface area is 94.0 Å². The molecule has 70 valence electrons. The molecular formula is C9H9Br2NO. The number of pyridine rings is 1. The third-order valence-electron chi connectivity index (χ3n) is 1.85. The number of hydrogen-bond acceptors (Lipinski definition) is 2. The van der Waals surface area contributed by atoms with Crippen LogP contribution in [0.25, 0.3) is 0 Å². The molecule has 0 unspecified atom stereocenters. The van der Waals surface area contributed by atoms with E-state index in [1.807, 2.05) is 13.8 Å². The van der Waals surface area contributed by atoms with Crippen LogP contribution in [0.1, 0.15) is 21.5 Å². The van der Waals surface area contributed by atoms with Gasteiger partial charge in [0.05, 0.1) is 5.33 Å². The molecule has 0 bridgehead atoms. The molecule has 0 spiro atoms. The molecule has 0 saturated heterocycles. The van der Waals surface area contributed by atoms with Gasteiger partial charge in [-0.2, -0.15) is 0 Å². The van der Waals surface area contributed by atoms with Gasteiger partial charge in [-0.1, -0.05) is 15.9 Å². The van der Waals surface area contributed by atoms with Crippen molar-refractivity contribution in [3.05, 3.63) is 27.5 Å². The quantitative estimate of drug-likeness (QED) is 0.477. The summed E-state index contributed by atoms with van der Waals surface area (Å²) in [5.74, 6) is 0.0955. The number of nitrogens with zero attached hydrogens (tertiary/aromatic N) is 1. The summed E-state index contributed by atoms with van der Waals surface area (Å²) in [6.07, 6.45) is 1.70. The highest BCUT2D eigenvalue weighted by atomic mass is 79.9. The number of aromatic nitrogens is 1. The lowest BCUT2D eigenvalue weighted by molar-refractivity contribution is 0.102. The molecule has 1 aromatic rings. The summed E-state index contributed by atoms with van der Waals surface area (Å²) >= 11 is 6.46. The van der Waals surface area contributed by atoms with Gasteiger partial charge in [-0.05, 0) is 40.9 Å². The molecule has 0 aliphatic rings. The molecule has 0 atom stereocenters. The van der Waals surface area contributed by atoms with Crippen LogP contribution < -0.4 is 0 Å². The van der Waals surface area contributed by atoms with E-state index in [1.165, 1.54) is 0 Å². The average Bonchev–Trinajstić information content (AvgIpc) is 2.12. The standard InChI is InChI=1S/C9H9Br2NO/c1-5-4-12-9(11)6(2)8(5)7(13)3-10/h4H,3H2,1-2H3. The van der Waals surface area contributed by atoms with Crippen LogP contribution in [-0.4, -0.2) is 16.1 Å². The highest BCUT2D eigenvalue weighted by molar-refractivity contribution is 9.10. The topological polar surface area (TPSA) is 30.0 Å². The van der Waals surface area contributed by atoms with Crippen LogP contribution in [0.4, 0.5) is 0 Å². The molecule has 0 N–H and O–H groups in total. The third-order valence-corrected chi connectivity index (χ3v) is 3.16. The summed E-state index contributed by atoms with van der Waals surface area (Å²) in [7, 11) is 0. The van der Waals surface area contributed by atoms with Crippen molar-refractivity contribution in [2.75, 3.05) is 5.33 Å². The Balaban J connectivity index is 3.33. The number of aryl methyl sites for hydroxylation is 1. The highest BCUT2D eigenvalue weighted by Gasteiger charge is 2.13. The van der Waals surface area contributed by atoms with Crippen LogP contribution in [0.5, 0.6) is 0 Å². The average molecular weight is 307 g/mol. The summed E-state index contributed by atoms with van der Waals surface area (Å²) in [6.45, 7) is 3.78. The van der Waals surface area contributed by atoms with Crippen molar-refractivity contribution < 1.29 is 4.79 Å². The molecule has 4 heteroatoms. The van der Waals surface area contributed by atoms with Crippen LogP contribution in [-0.2, 0) is 0 Å². The minimum absolute atomic E-state index is 0.0955. The van der Waals surface area contributed by atoms with Crippen LogP contribution in [0.2, 0.25) is 0 Å². The van der Waals surface area contributed by atoms with E-state index >= 15 is 0 Å². The lowest BCUT2D eigenvalue weighted by Gasteiger charge is -2.07. The molecule has 2 nitrogen and oxygen atoms in total. The molecule has 1 rings (SSSR count). The van der Waals surface area contributed by atoms with Gasteiger partial charge in [0.25, 0.3) is 0 Å². The van der Waals surface area contributed by atoms with E-state index in [9.17, 15) is 4.79 Å². The molecule has 0 aliphatic heterocycles. The van der Waals surface area contributed by atoms with Gasteiger partial charge in [-0.3, -0.25) is 4.79 Å². The van der Waals surface area contributed by atoms with Crippen molar-refractivity contribution in [3.8, 4) is 0 Å². The zero-order valence-electron chi connectivity index (χ0n) is 7.40. The molecule has 0 aromatic carbocycles. The fraction of sp³-hybridized carbons (Fsp3) is 0.333. The second kappa shape index (κ2) is 4.33. The SMILES string of the molecule is Cc1cnc(Br)c(C)c1C(=O)CBr. The Kier molecular flexibility index (Phi) is 3.62. The molecule has 0 radical (unpaired) electrons. The molecule has 0 fully saturated rings. The Morgan fingerprint density at radius 1 is 1.54 bits per heavy atom. The van der Waals surface area contributed by atoms with Crippen molar-refractivity contribution in [2.45, 2.75) is 13.8 Å². The van der Waals surface area contributed by atoms with E-state index in [-0.39, 0.29) is 5.78 Å². The number of ketones is 1. The van der Waals surface area contributed by atoms with E-state index in [0.717, 1.165) is 21.3 Å². The van der Waals surface area contributed by atoms with Gasteiger partial charge >= 0.3 is 0 Å². The van der Waals surface area contributed by atoms with Crippen LogP contribution in [0.15, 0.2) is 10.8 Å². The van der Waals surface area contributed by atoms with E-state index < -0.39 is 0 Å². The number of Topliss-reactive ketones (excluding diaryl/α,β-unsaturated/α-hetero) is 1. The number of rotatable bonds is 2. The molecule has 1 heterocycles. The smallest absolute Gasteiger partial charge is 0.174 e. The number of carbonyl (C=O) groups is 1. The largest absolute Gasteiger partial charge is 0.293 e. The predicted octanol–water partition coefficient (Wildman–Crippen LogP) is 3.04. The van der Waals surface area contributed by atoms with Crippen LogP contribution in [0.3, 0.4) is 0 Å². The monoisotopic (exact) mass is 305 g/mol. The predicted molar refractivity (Wildman–Crippen MR) is 59.5 cm³/mol. The van der Waals surface area contributed by atoms with Crippen LogP contribution >= 0.6 is 31.9 Å². The molecule has 0 aliphatic carbocycles. The van der Waals surface area contributed by atoms with E-state index in [2.05, 4.69) is 36.8 Å². The number of alkyl halides is 1. The van der Waals surface area contributed by atoms with Gasteiger partial charge in [-0.15, -0.1) is 0 Å². The highest BCUT2D eigenvalue weighted by Crippen LogP contribution is 2.21. The fourth-order valence-electron chi connectivity index (χ4n) is 1.21. The summed E-state index contributed by atoms with van der Waals surface area (Å²) in [5, 5.41) is 0.352.